The molecular weight excluding hydrogens is 176 g/mol. The lowest BCUT2D eigenvalue weighted by Gasteiger charge is -2.55. The van der Waals surface area contributed by atoms with Crippen molar-refractivity contribution < 1.29 is 4.79 Å². The molecule has 0 aromatic heterocycles. The number of piperidine rings is 1. The second kappa shape index (κ2) is 2.96. The van der Waals surface area contributed by atoms with Crippen LogP contribution < -0.4 is 5.32 Å². The van der Waals surface area contributed by atoms with Crippen LogP contribution in [0.5, 0.6) is 0 Å². The zero-order valence-corrected chi connectivity index (χ0v) is 8.70. The molecule has 0 spiro atoms. The summed E-state index contributed by atoms with van der Waals surface area (Å²) in [6, 6.07) is 1.05. The number of hydrogen-bond acceptors (Lipinski definition) is 2. The van der Waals surface area contributed by atoms with E-state index in [0.29, 0.717) is 23.9 Å². The fourth-order valence-corrected chi connectivity index (χ4v) is 3.16. The number of piperazine rings is 1. The monoisotopic (exact) mass is 194 g/mol. The molecule has 2 atom stereocenters. The lowest BCUT2D eigenvalue weighted by molar-refractivity contribution is -0.156. The molecule has 0 aromatic rings. The summed E-state index contributed by atoms with van der Waals surface area (Å²) in [5.41, 5.74) is 0. The van der Waals surface area contributed by atoms with Crippen molar-refractivity contribution >= 4 is 5.91 Å². The molecule has 14 heavy (non-hydrogen) atoms. The lowest BCUT2D eigenvalue weighted by atomic mass is 9.73. The number of fused-ring (bicyclic) bond motifs is 2. The van der Waals surface area contributed by atoms with Crippen molar-refractivity contribution in [3.63, 3.8) is 0 Å². The summed E-state index contributed by atoms with van der Waals surface area (Å²) in [5, 5.41) is 3.36. The highest BCUT2D eigenvalue weighted by Gasteiger charge is 2.47. The summed E-state index contributed by atoms with van der Waals surface area (Å²) in [7, 11) is 0. The number of carbonyl (C=O) groups is 1. The molecule has 2 heterocycles. The summed E-state index contributed by atoms with van der Waals surface area (Å²) >= 11 is 0. The van der Waals surface area contributed by atoms with Crippen LogP contribution in [0.4, 0.5) is 0 Å². The highest BCUT2D eigenvalue weighted by atomic mass is 16.2. The molecule has 2 bridgehead atoms. The first-order valence-electron chi connectivity index (χ1n) is 5.78. The fourth-order valence-electron chi connectivity index (χ4n) is 3.16. The predicted octanol–water partition coefficient (Wildman–Crippen LogP) is 0.605. The van der Waals surface area contributed by atoms with Gasteiger partial charge in [-0.15, -0.1) is 0 Å². The minimum absolute atomic E-state index is 0.369. The Kier molecular flexibility index (Phi) is 1.84. The molecule has 1 N–H and O–H groups in total. The first kappa shape index (κ1) is 8.72. The molecular formula is C11H18N2O. The average Bonchev–Trinajstić information content (AvgIpc) is 2.14. The van der Waals surface area contributed by atoms with Crippen molar-refractivity contribution in [3.8, 4) is 0 Å². The Morgan fingerprint density at radius 3 is 2.36 bits per heavy atom. The van der Waals surface area contributed by atoms with E-state index in [0.717, 1.165) is 31.8 Å². The van der Waals surface area contributed by atoms with E-state index in [2.05, 4.69) is 17.1 Å². The molecule has 3 rings (SSSR count). The molecule has 0 aromatic carbocycles. The molecule has 2 aliphatic heterocycles. The third-order valence-corrected chi connectivity index (χ3v) is 4.07. The van der Waals surface area contributed by atoms with Gasteiger partial charge in [-0.05, 0) is 25.2 Å². The van der Waals surface area contributed by atoms with Crippen LogP contribution >= 0.6 is 0 Å². The molecule has 3 heteroatoms. The van der Waals surface area contributed by atoms with Gasteiger partial charge in [-0.1, -0.05) is 6.92 Å². The standard InChI is InChI=1S/C11H18N2O/c1-7-2-8(3-7)11(14)13-9-4-10(13)6-12-5-9/h7-10,12H,2-6H2,1H3/t7?,8?,9-,10+. The van der Waals surface area contributed by atoms with Crippen molar-refractivity contribution in [2.45, 2.75) is 38.3 Å². The van der Waals surface area contributed by atoms with E-state index in [1.807, 2.05) is 0 Å². The van der Waals surface area contributed by atoms with Crippen LogP contribution in [-0.4, -0.2) is 36.0 Å². The molecule has 3 aliphatic rings. The topological polar surface area (TPSA) is 32.3 Å². The van der Waals surface area contributed by atoms with Gasteiger partial charge >= 0.3 is 0 Å². The average molecular weight is 194 g/mol. The second-order valence-electron chi connectivity index (χ2n) is 5.22. The highest BCUT2D eigenvalue weighted by molar-refractivity contribution is 5.81. The van der Waals surface area contributed by atoms with Crippen molar-refractivity contribution in [2.24, 2.45) is 11.8 Å². The van der Waals surface area contributed by atoms with E-state index < -0.39 is 0 Å². The lowest BCUT2D eigenvalue weighted by Crippen LogP contribution is -2.70. The Hall–Kier alpha value is -0.570. The van der Waals surface area contributed by atoms with Gasteiger partial charge in [0.25, 0.3) is 0 Å². The molecule has 3 fully saturated rings. The first-order valence-corrected chi connectivity index (χ1v) is 5.78. The molecule has 1 aliphatic carbocycles. The summed E-state index contributed by atoms with van der Waals surface area (Å²) in [6.45, 7) is 4.28. The number of nitrogens with one attached hydrogen (secondary N) is 1. The maximum atomic E-state index is 12.1. The largest absolute Gasteiger partial charge is 0.334 e. The summed E-state index contributed by atoms with van der Waals surface area (Å²) in [6.07, 6.45) is 3.49. The van der Waals surface area contributed by atoms with Gasteiger partial charge in [0.15, 0.2) is 0 Å². The highest BCUT2D eigenvalue weighted by Crippen LogP contribution is 2.38. The number of carbonyl (C=O) groups excluding carboxylic acids is 1. The Morgan fingerprint density at radius 1 is 1.21 bits per heavy atom. The van der Waals surface area contributed by atoms with Gasteiger partial charge in [-0.25, -0.2) is 0 Å². The van der Waals surface area contributed by atoms with E-state index in [9.17, 15) is 4.79 Å². The Morgan fingerprint density at radius 2 is 1.86 bits per heavy atom. The van der Waals surface area contributed by atoms with Gasteiger partial charge < -0.3 is 10.2 Å². The van der Waals surface area contributed by atoms with Crippen LogP contribution in [0.15, 0.2) is 0 Å². The predicted molar refractivity (Wildman–Crippen MR) is 53.8 cm³/mol. The molecule has 1 saturated carbocycles. The quantitative estimate of drug-likeness (QED) is 0.663. The Bertz CT molecular complexity index is 246. The number of rotatable bonds is 1. The maximum absolute atomic E-state index is 12.1. The normalized spacial score (nSPS) is 45.4. The van der Waals surface area contributed by atoms with E-state index >= 15 is 0 Å². The number of amides is 1. The van der Waals surface area contributed by atoms with E-state index in [1.165, 1.54) is 6.42 Å². The molecule has 0 unspecified atom stereocenters. The molecule has 1 amide bonds. The van der Waals surface area contributed by atoms with Crippen molar-refractivity contribution in [1.29, 1.82) is 0 Å². The first-order chi connectivity index (χ1) is 6.75. The van der Waals surface area contributed by atoms with Crippen LogP contribution in [0.3, 0.4) is 0 Å². The molecule has 78 valence electrons. The fraction of sp³-hybridized carbons (Fsp3) is 0.909. The minimum Gasteiger partial charge on any atom is -0.334 e. The van der Waals surface area contributed by atoms with Gasteiger partial charge in [0.1, 0.15) is 0 Å². The summed E-state index contributed by atoms with van der Waals surface area (Å²) in [5.74, 6) is 1.60. The Labute approximate surface area is 84.8 Å². The van der Waals surface area contributed by atoms with Gasteiger partial charge in [-0.2, -0.15) is 0 Å². The zero-order valence-electron chi connectivity index (χ0n) is 8.70. The van der Waals surface area contributed by atoms with Gasteiger partial charge in [-0.3, -0.25) is 4.79 Å². The number of nitrogens with zero attached hydrogens (tertiary/aromatic N) is 1. The van der Waals surface area contributed by atoms with Crippen LogP contribution in [-0.2, 0) is 4.79 Å². The smallest absolute Gasteiger partial charge is 0.226 e. The Balaban J connectivity index is 1.63. The van der Waals surface area contributed by atoms with E-state index in [4.69, 9.17) is 0 Å². The zero-order chi connectivity index (χ0) is 9.71. The SMILES string of the molecule is CC1CC(C(=O)N2[C@@H]3CNC[C@H]2C3)C1. The third-order valence-electron chi connectivity index (χ3n) is 4.07. The van der Waals surface area contributed by atoms with Crippen LogP contribution in [0, 0.1) is 11.8 Å². The summed E-state index contributed by atoms with van der Waals surface area (Å²) < 4.78 is 0. The third kappa shape index (κ3) is 1.11. The van der Waals surface area contributed by atoms with Crippen LogP contribution in [0.25, 0.3) is 0 Å². The number of hydrogen-bond donors (Lipinski definition) is 1. The van der Waals surface area contributed by atoms with Crippen molar-refractivity contribution in [1.82, 2.24) is 10.2 Å². The van der Waals surface area contributed by atoms with Gasteiger partial charge in [0.05, 0.1) is 0 Å². The van der Waals surface area contributed by atoms with Crippen molar-refractivity contribution in [2.75, 3.05) is 13.1 Å². The minimum atomic E-state index is 0.369. The van der Waals surface area contributed by atoms with E-state index in [1.54, 1.807) is 0 Å². The van der Waals surface area contributed by atoms with Crippen LogP contribution in [0.2, 0.25) is 0 Å². The molecule has 3 nitrogen and oxygen atoms in total. The van der Waals surface area contributed by atoms with Gasteiger partial charge in [0.2, 0.25) is 5.91 Å². The second-order valence-corrected chi connectivity index (χ2v) is 5.22. The van der Waals surface area contributed by atoms with Crippen molar-refractivity contribution in [3.05, 3.63) is 0 Å². The maximum Gasteiger partial charge on any atom is 0.226 e. The van der Waals surface area contributed by atoms with Gasteiger partial charge in [0, 0.05) is 31.1 Å². The molecule has 2 saturated heterocycles. The molecule has 0 radical (unpaired) electrons. The van der Waals surface area contributed by atoms with Crippen LogP contribution in [0.1, 0.15) is 26.2 Å². The van der Waals surface area contributed by atoms with E-state index in [-0.39, 0.29) is 0 Å². The summed E-state index contributed by atoms with van der Waals surface area (Å²) in [4.78, 5) is 14.2.